The van der Waals surface area contributed by atoms with E-state index >= 15 is 0 Å². The Kier molecular flexibility index (Phi) is 4.97. The molecule has 0 unspecified atom stereocenters. The van der Waals surface area contributed by atoms with E-state index < -0.39 is 0 Å². The lowest BCUT2D eigenvalue weighted by atomic mass is 9.62. The van der Waals surface area contributed by atoms with Crippen molar-refractivity contribution < 1.29 is 0 Å². The second-order valence-corrected chi connectivity index (χ2v) is 6.90. The Labute approximate surface area is 135 Å². The van der Waals surface area contributed by atoms with Crippen LogP contribution in [0.2, 0.25) is 0 Å². The quantitative estimate of drug-likeness (QED) is 0.602. The molecule has 0 aromatic heterocycles. The van der Waals surface area contributed by atoms with E-state index in [0.29, 0.717) is 0 Å². The lowest BCUT2D eigenvalue weighted by Crippen LogP contribution is -2.33. The Morgan fingerprint density at radius 3 is 1.77 bits per heavy atom. The van der Waals surface area contributed by atoms with Crippen molar-refractivity contribution in [3.8, 4) is 0 Å². The lowest BCUT2D eigenvalue weighted by molar-refractivity contribution is 0.251. The van der Waals surface area contributed by atoms with Gasteiger partial charge >= 0.3 is 0 Å². The van der Waals surface area contributed by atoms with E-state index in [9.17, 15) is 0 Å². The van der Waals surface area contributed by atoms with E-state index in [0.717, 1.165) is 5.92 Å². The van der Waals surface area contributed by atoms with Gasteiger partial charge in [0.05, 0.1) is 0 Å². The molecule has 2 aromatic rings. The predicted octanol–water partition coefficient (Wildman–Crippen LogP) is 6.35. The summed E-state index contributed by atoms with van der Waals surface area (Å²) in [6, 6.07) is 22.4. The van der Waals surface area contributed by atoms with Gasteiger partial charge in [0.2, 0.25) is 0 Å². The van der Waals surface area contributed by atoms with Crippen molar-refractivity contribution in [2.45, 2.75) is 57.3 Å². The highest BCUT2D eigenvalue weighted by Gasteiger charge is 2.37. The maximum Gasteiger partial charge on any atom is 0.0203 e. The SMILES string of the molecule is CCCCC1CCC(c2ccccc2)(c2ccccc2)CC1. The maximum atomic E-state index is 2.33. The standard InChI is InChI=1S/C22H28/c1-2-3-10-19-15-17-22(18-16-19,20-11-6-4-7-12-20)21-13-8-5-9-14-21/h4-9,11-14,19H,2-3,10,15-18H2,1H3. The highest BCUT2D eigenvalue weighted by molar-refractivity contribution is 5.39. The Bertz CT molecular complexity index is 506. The average molecular weight is 292 g/mol. The minimum Gasteiger partial charge on any atom is -0.0654 e. The highest BCUT2D eigenvalue weighted by atomic mass is 14.4. The number of hydrogen-bond acceptors (Lipinski definition) is 0. The van der Waals surface area contributed by atoms with Crippen LogP contribution in [0.4, 0.5) is 0 Å². The van der Waals surface area contributed by atoms with E-state index in [2.05, 4.69) is 67.6 Å². The van der Waals surface area contributed by atoms with Crippen molar-refractivity contribution >= 4 is 0 Å². The fraction of sp³-hybridized carbons (Fsp3) is 0.455. The molecule has 1 fully saturated rings. The summed E-state index contributed by atoms with van der Waals surface area (Å²) in [4.78, 5) is 0. The van der Waals surface area contributed by atoms with Crippen molar-refractivity contribution in [1.82, 2.24) is 0 Å². The van der Waals surface area contributed by atoms with Crippen molar-refractivity contribution in [2.24, 2.45) is 5.92 Å². The van der Waals surface area contributed by atoms with E-state index in [1.807, 2.05) is 0 Å². The van der Waals surface area contributed by atoms with Crippen LogP contribution < -0.4 is 0 Å². The maximum absolute atomic E-state index is 2.33. The molecule has 1 aliphatic carbocycles. The second kappa shape index (κ2) is 7.13. The minimum atomic E-state index is 0.241. The summed E-state index contributed by atoms with van der Waals surface area (Å²) in [5, 5.41) is 0. The van der Waals surface area contributed by atoms with Crippen LogP contribution in [0.5, 0.6) is 0 Å². The molecule has 0 saturated heterocycles. The normalized spacial score (nSPS) is 18.2. The fourth-order valence-electron chi connectivity index (χ4n) is 4.21. The van der Waals surface area contributed by atoms with E-state index in [-0.39, 0.29) is 5.41 Å². The van der Waals surface area contributed by atoms with Crippen molar-refractivity contribution in [2.75, 3.05) is 0 Å². The molecule has 0 nitrogen and oxygen atoms in total. The first kappa shape index (κ1) is 15.3. The molecule has 0 heterocycles. The zero-order valence-electron chi connectivity index (χ0n) is 13.8. The Morgan fingerprint density at radius 2 is 1.32 bits per heavy atom. The molecule has 0 N–H and O–H groups in total. The zero-order chi connectivity index (χ0) is 15.3. The number of hydrogen-bond donors (Lipinski definition) is 0. The van der Waals surface area contributed by atoms with Gasteiger partial charge in [-0.1, -0.05) is 86.8 Å². The molecule has 0 atom stereocenters. The Morgan fingerprint density at radius 1 is 0.818 bits per heavy atom. The summed E-state index contributed by atoms with van der Waals surface area (Å²) in [6.07, 6.45) is 9.52. The van der Waals surface area contributed by atoms with Crippen molar-refractivity contribution in [3.63, 3.8) is 0 Å². The number of benzene rings is 2. The molecular weight excluding hydrogens is 264 g/mol. The molecule has 22 heavy (non-hydrogen) atoms. The van der Waals surface area contributed by atoms with Gasteiger partial charge in [0, 0.05) is 5.41 Å². The molecule has 116 valence electrons. The van der Waals surface area contributed by atoms with Crippen LogP contribution in [-0.4, -0.2) is 0 Å². The molecule has 1 aliphatic rings. The highest BCUT2D eigenvalue weighted by Crippen LogP contribution is 2.47. The van der Waals surface area contributed by atoms with Gasteiger partial charge in [-0.25, -0.2) is 0 Å². The van der Waals surface area contributed by atoms with Crippen LogP contribution in [-0.2, 0) is 5.41 Å². The van der Waals surface area contributed by atoms with Crippen LogP contribution in [0.1, 0.15) is 63.0 Å². The third-order valence-corrected chi connectivity index (χ3v) is 5.58. The topological polar surface area (TPSA) is 0 Å². The average Bonchev–Trinajstić information content (AvgIpc) is 2.62. The zero-order valence-corrected chi connectivity index (χ0v) is 13.8. The second-order valence-electron chi connectivity index (χ2n) is 6.90. The van der Waals surface area contributed by atoms with Gasteiger partial charge in [0.15, 0.2) is 0 Å². The molecule has 0 bridgehead atoms. The molecule has 3 rings (SSSR count). The molecule has 0 amide bonds. The van der Waals surface area contributed by atoms with Crippen LogP contribution in [0.15, 0.2) is 60.7 Å². The Balaban J connectivity index is 1.87. The fourth-order valence-corrected chi connectivity index (χ4v) is 4.21. The summed E-state index contributed by atoms with van der Waals surface area (Å²) in [5.41, 5.74) is 3.26. The first-order valence-corrected chi connectivity index (χ1v) is 8.96. The predicted molar refractivity (Wildman–Crippen MR) is 95.1 cm³/mol. The monoisotopic (exact) mass is 292 g/mol. The van der Waals surface area contributed by atoms with Gasteiger partial charge < -0.3 is 0 Å². The van der Waals surface area contributed by atoms with E-state index in [1.165, 1.54) is 56.1 Å². The first-order valence-electron chi connectivity index (χ1n) is 8.96. The molecule has 0 spiro atoms. The summed E-state index contributed by atoms with van der Waals surface area (Å²) >= 11 is 0. The summed E-state index contributed by atoms with van der Waals surface area (Å²) < 4.78 is 0. The van der Waals surface area contributed by atoms with Gasteiger partial charge in [-0.3, -0.25) is 0 Å². The van der Waals surface area contributed by atoms with E-state index in [4.69, 9.17) is 0 Å². The van der Waals surface area contributed by atoms with Crippen molar-refractivity contribution in [1.29, 1.82) is 0 Å². The van der Waals surface area contributed by atoms with Gasteiger partial charge in [0.25, 0.3) is 0 Å². The summed E-state index contributed by atoms with van der Waals surface area (Å²) in [7, 11) is 0. The molecule has 2 aromatic carbocycles. The van der Waals surface area contributed by atoms with Gasteiger partial charge in [-0.15, -0.1) is 0 Å². The number of rotatable bonds is 5. The van der Waals surface area contributed by atoms with Crippen LogP contribution >= 0.6 is 0 Å². The number of unbranched alkanes of at least 4 members (excludes halogenated alkanes) is 1. The summed E-state index contributed by atoms with van der Waals surface area (Å²) in [5.74, 6) is 0.945. The smallest absolute Gasteiger partial charge is 0.0203 e. The molecule has 0 radical (unpaired) electrons. The lowest BCUT2D eigenvalue weighted by Gasteiger charge is -2.41. The van der Waals surface area contributed by atoms with E-state index in [1.54, 1.807) is 0 Å². The van der Waals surface area contributed by atoms with Gasteiger partial charge in [-0.2, -0.15) is 0 Å². The molecule has 1 saturated carbocycles. The largest absolute Gasteiger partial charge is 0.0654 e. The van der Waals surface area contributed by atoms with Crippen LogP contribution in [0.25, 0.3) is 0 Å². The summed E-state index contributed by atoms with van der Waals surface area (Å²) in [6.45, 7) is 2.31. The van der Waals surface area contributed by atoms with Crippen LogP contribution in [0.3, 0.4) is 0 Å². The van der Waals surface area contributed by atoms with Gasteiger partial charge in [0.1, 0.15) is 0 Å². The van der Waals surface area contributed by atoms with Gasteiger partial charge in [-0.05, 0) is 42.7 Å². The Hall–Kier alpha value is -1.56. The minimum absolute atomic E-state index is 0.241. The first-order chi connectivity index (χ1) is 10.8. The third kappa shape index (κ3) is 3.11. The van der Waals surface area contributed by atoms with Crippen molar-refractivity contribution in [3.05, 3.63) is 71.8 Å². The van der Waals surface area contributed by atoms with Crippen LogP contribution in [0, 0.1) is 5.92 Å². The molecule has 0 aliphatic heterocycles. The molecule has 0 heteroatoms. The third-order valence-electron chi connectivity index (χ3n) is 5.58. The molecular formula is C22H28.